The van der Waals surface area contributed by atoms with Gasteiger partial charge in [0.2, 0.25) is 0 Å². The Morgan fingerprint density at radius 3 is 2.75 bits per heavy atom. The Kier molecular flexibility index (Phi) is 4.19. The highest BCUT2D eigenvalue weighted by atomic mass is 35.5. The van der Waals surface area contributed by atoms with Gasteiger partial charge in [-0.15, -0.1) is 23.2 Å². The average molecular weight is 335 g/mol. The highest BCUT2D eigenvalue weighted by Crippen LogP contribution is 2.65. The molecular weight excluding hydrogens is 318 g/mol. The molecule has 4 nitrogen and oxygen atoms in total. The maximum absolute atomic E-state index is 13.4. The number of hydrogen-bond donors (Lipinski definition) is 0. The summed E-state index contributed by atoms with van der Waals surface area (Å²) in [6, 6.07) is 5.93. The van der Waals surface area contributed by atoms with Crippen LogP contribution < -0.4 is 9.19 Å². The molecule has 0 saturated carbocycles. The Balaban J connectivity index is 2.00. The van der Waals surface area contributed by atoms with Crippen molar-refractivity contribution in [3.05, 3.63) is 23.8 Å². The maximum Gasteiger partial charge on any atom is 0.422 e. The van der Waals surface area contributed by atoms with Gasteiger partial charge in [0.25, 0.3) is 0 Å². The lowest BCUT2D eigenvalue weighted by Gasteiger charge is -2.34. The third-order valence-electron chi connectivity index (χ3n) is 3.72. The minimum absolute atomic E-state index is 0.404. The summed E-state index contributed by atoms with van der Waals surface area (Å²) in [5.41, 5.74) is 2.21. The average Bonchev–Trinajstić information content (AvgIpc) is 2.75. The molecule has 0 amide bonds. The minimum Gasteiger partial charge on any atom is -0.416 e. The smallest absolute Gasteiger partial charge is 0.416 e. The standard InChI is InChI=1S/C13H17Cl2N2O2P/c14-6-9-16(10-7-15)20(18)17-8-2-4-11-3-1-5-12(19-20)13(11)17/h1,3,5H,2,4,6-10H2/t20-/m0/s1. The summed E-state index contributed by atoms with van der Waals surface area (Å²) in [6.45, 7) is 1.76. The molecule has 2 aliphatic heterocycles. The summed E-state index contributed by atoms with van der Waals surface area (Å²) in [7, 11) is -3.08. The van der Waals surface area contributed by atoms with Crippen LogP contribution in [0, 0.1) is 0 Å². The summed E-state index contributed by atoms with van der Waals surface area (Å²) in [4.78, 5) is 0. The van der Waals surface area contributed by atoms with Gasteiger partial charge in [0.15, 0.2) is 5.75 Å². The van der Waals surface area contributed by atoms with Crippen LogP contribution in [0.1, 0.15) is 12.0 Å². The molecule has 3 rings (SSSR count). The highest BCUT2D eigenvalue weighted by Gasteiger charge is 2.48. The van der Waals surface area contributed by atoms with Gasteiger partial charge in [-0.25, -0.2) is 9.24 Å². The van der Waals surface area contributed by atoms with Crippen molar-refractivity contribution in [2.45, 2.75) is 12.8 Å². The summed E-state index contributed by atoms with van der Waals surface area (Å²) < 4.78 is 23.0. The molecule has 1 aromatic carbocycles. The van der Waals surface area contributed by atoms with E-state index < -0.39 is 7.67 Å². The summed E-state index contributed by atoms with van der Waals surface area (Å²) in [5.74, 6) is 1.53. The Hall–Kier alpha value is -0.410. The zero-order valence-electron chi connectivity index (χ0n) is 11.1. The van der Waals surface area contributed by atoms with Crippen LogP contribution in [0.5, 0.6) is 5.75 Å². The predicted octanol–water partition coefficient (Wildman–Crippen LogP) is 3.72. The molecule has 0 N–H and O–H groups in total. The largest absolute Gasteiger partial charge is 0.422 e. The first-order chi connectivity index (χ1) is 9.70. The Morgan fingerprint density at radius 2 is 2.05 bits per heavy atom. The van der Waals surface area contributed by atoms with E-state index in [0.29, 0.717) is 24.8 Å². The van der Waals surface area contributed by atoms with Gasteiger partial charge in [-0.1, -0.05) is 12.1 Å². The third kappa shape index (κ3) is 2.23. The van der Waals surface area contributed by atoms with Crippen LogP contribution in [-0.2, 0) is 11.0 Å². The van der Waals surface area contributed by atoms with Crippen molar-refractivity contribution in [3.63, 3.8) is 0 Å². The van der Waals surface area contributed by atoms with Crippen LogP contribution in [0.2, 0.25) is 0 Å². The molecular formula is C13H17Cl2N2O2P. The number of rotatable bonds is 5. The number of halogens is 2. The fourth-order valence-electron chi connectivity index (χ4n) is 2.87. The lowest BCUT2D eigenvalue weighted by atomic mass is 10.0. The van der Waals surface area contributed by atoms with Crippen molar-refractivity contribution < 1.29 is 9.09 Å². The zero-order chi connectivity index (χ0) is 14.2. The molecule has 0 radical (unpaired) electrons. The van der Waals surface area contributed by atoms with E-state index in [0.717, 1.165) is 30.8 Å². The van der Waals surface area contributed by atoms with Crippen LogP contribution in [0.3, 0.4) is 0 Å². The lowest BCUT2D eigenvalue weighted by Crippen LogP contribution is -2.35. The number of para-hydroxylation sites is 1. The molecule has 2 heterocycles. The van der Waals surface area contributed by atoms with Crippen molar-refractivity contribution in [1.82, 2.24) is 4.67 Å². The molecule has 110 valence electrons. The molecule has 20 heavy (non-hydrogen) atoms. The molecule has 0 bridgehead atoms. The van der Waals surface area contributed by atoms with E-state index in [2.05, 4.69) is 6.07 Å². The Labute approximate surface area is 129 Å². The Morgan fingerprint density at radius 1 is 1.30 bits per heavy atom. The van der Waals surface area contributed by atoms with E-state index in [-0.39, 0.29) is 0 Å². The van der Waals surface area contributed by atoms with E-state index in [1.54, 1.807) is 4.67 Å². The molecule has 1 atom stereocenters. The molecule has 1 aromatic rings. The number of anilines is 1. The molecule has 0 aromatic heterocycles. The van der Waals surface area contributed by atoms with E-state index in [9.17, 15) is 4.57 Å². The minimum atomic E-state index is -3.08. The first-order valence-electron chi connectivity index (χ1n) is 6.77. The van der Waals surface area contributed by atoms with Crippen molar-refractivity contribution in [1.29, 1.82) is 0 Å². The number of aryl methyl sites for hydroxylation is 1. The number of nitrogens with zero attached hydrogens (tertiary/aromatic N) is 2. The van der Waals surface area contributed by atoms with E-state index in [4.69, 9.17) is 27.7 Å². The van der Waals surface area contributed by atoms with Crippen LogP contribution in [0.4, 0.5) is 5.69 Å². The van der Waals surface area contributed by atoms with Gasteiger partial charge >= 0.3 is 7.67 Å². The van der Waals surface area contributed by atoms with Gasteiger partial charge in [0.05, 0.1) is 5.69 Å². The van der Waals surface area contributed by atoms with Crippen LogP contribution in [0.15, 0.2) is 18.2 Å². The molecule has 0 fully saturated rings. The second-order valence-corrected chi connectivity index (χ2v) is 7.87. The van der Waals surface area contributed by atoms with E-state index in [1.165, 1.54) is 5.56 Å². The fraction of sp³-hybridized carbons (Fsp3) is 0.538. The summed E-state index contributed by atoms with van der Waals surface area (Å²) in [6.07, 6.45) is 1.99. The van der Waals surface area contributed by atoms with Gasteiger partial charge in [0, 0.05) is 31.4 Å². The van der Waals surface area contributed by atoms with Gasteiger partial charge < -0.3 is 4.52 Å². The van der Waals surface area contributed by atoms with Gasteiger partial charge in [0.1, 0.15) is 0 Å². The van der Waals surface area contributed by atoms with Crippen LogP contribution in [-0.4, -0.2) is 36.1 Å². The quantitative estimate of drug-likeness (QED) is 0.607. The van der Waals surface area contributed by atoms with E-state index >= 15 is 0 Å². The van der Waals surface area contributed by atoms with Crippen molar-refractivity contribution in [2.75, 3.05) is 36.1 Å². The first kappa shape index (κ1) is 14.5. The fourth-order valence-corrected chi connectivity index (χ4v) is 6.01. The second-order valence-electron chi connectivity index (χ2n) is 4.90. The Bertz CT molecular complexity index is 549. The molecule has 0 aliphatic carbocycles. The lowest BCUT2D eigenvalue weighted by molar-refractivity contribution is 0.378. The molecule has 2 aliphatic rings. The van der Waals surface area contributed by atoms with Crippen molar-refractivity contribution >= 4 is 36.6 Å². The third-order valence-corrected chi connectivity index (χ3v) is 6.62. The van der Waals surface area contributed by atoms with Gasteiger partial charge in [-0.2, -0.15) is 0 Å². The maximum atomic E-state index is 13.4. The zero-order valence-corrected chi connectivity index (χ0v) is 13.5. The van der Waals surface area contributed by atoms with E-state index in [1.807, 2.05) is 16.8 Å². The number of alkyl halides is 2. The van der Waals surface area contributed by atoms with Gasteiger partial charge in [-0.3, -0.25) is 4.67 Å². The molecule has 0 spiro atoms. The highest BCUT2D eigenvalue weighted by molar-refractivity contribution is 7.59. The SMILES string of the molecule is O=[P@@]1(N(CCCl)CCCl)Oc2cccc3c2N1CCC3. The number of hydrogen-bond acceptors (Lipinski definition) is 2. The summed E-state index contributed by atoms with van der Waals surface area (Å²) >= 11 is 11.7. The van der Waals surface area contributed by atoms with Gasteiger partial charge in [-0.05, 0) is 24.5 Å². The molecule has 0 saturated heterocycles. The normalized spacial score (nSPS) is 23.9. The first-order valence-corrected chi connectivity index (χ1v) is 9.37. The van der Waals surface area contributed by atoms with Crippen molar-refractivity contribution in [3.8, 4) is 5.75 Å². The second kappa shape index (κ2) is 5.76. The monoisotopic (exact) mass is 334 g/mol. The van der Waals surface area contributed by atoms with Crippen molar-refractivity contribution in [2.24, 2.45) is 0 Å². The molecule has 7 heteroatoms. The summed E-state index contributed by atoms with van der Waals surface area (Å²) in [5, 5.41) is 0. The topological polar surface area (TPSA) is 32.8 Å². The number of benzene rings is 1. The molecule has 0 unspecified atom stereocenters. The van der Waals surface area contributed by atoms with Crippen LogP contribution >= 0.6 is 30.9 Å². The van der Waals surface area contributed by atoms with Crippen LogP contribution in [0.25, 0.3) is 0 Å². The predicted molar refractivity (Wildman–Crippen MR) is 83.4 cm³/mol.